The van der Waals surface area contributed by atoms with Crippen LogP contribution in [-0.4, -0.2) is 33.4 Å². The first-order valence-corrected chi connectivity index (χ1v) is 4.45. The Balaban J connectivity index is 1.82. The molecule has 13 heavy (non-hydrogen) atoms. The Kier molecular flexibility index (Phi) is 2.40. The van der Waals surface area contributed by atoms with Crippen LogP contribution in [0.4, 0.5) is 5.95 Å². The molecule has 1 aliphatic rings. The number of nitrogens with two attached hydrogens (primary N) is 1. The van der Waals surface area contributed by atoms with Crippen molar-refractivity contribution in [1.82, 2.24) is 20.2 Å². The fourth-order valence-electron chi connectivity index (χ4n) is 1.49. The maximum absolute atomic E-state index is 5.52. The molecule has 6 nitrogen and oxygen atoms in total. The van der Waals surface area contributed by atoms with Gasteiger partial charge in [0.2, 0.25) is 5.95 Å². The molecule has 2 rings (SSSR count). The molecule has 1 aliphatic heterocycles. The fourth-order valence-corrected chi connectivity index (χ4v) is 1.49. The van der Waals surface area contributed by atoms with Crippen LogP contribution in [0.2, 0.25) is 0 Å². The molecule has 0 aromatic carbocycles. The largest absolute Gasteiger partial charge is 0.381 e. The molecule has 1 atom stereocenters. The van der Waals surface area contributed by atoms with E-state index in [1.807, 2.05) is 0 Å². The van der Waals surface area contributed by atoms with Crippen LogP contribution >= 0.6 is 0 Å². The molecule has 0 saturated carbocycles. The molecule has 2 heterocycles. The fraction of sp³-hybridized carbons (Fsp3) is 0.857. The van der Waals surface area contributed by atoms with Gasteiger partial charge in [0.25, 0.3) is 0 Å². The molecule has 0 amide bonds. The summed E-state index contributed by atoms with van der Waals surface area (Å²) in [6, 6.07) is 0. The maximum atomic E-state index is 5.52. The van der Waals surface area contributed by atoms with Gasteiger partial charge in [-0.05, 0) is 29.2 Å². The highest BCUT2D eigenvalue weighted by molar-refractivity contribution is 5.09. The van der Waals surface area contributed by atoms with Crippen LogP contribution in [0.3, 0.4) is 0 Å². The number of nitrogens with zero attached hydrogens (tertiary/aromatic N) is 4. The van der Waals surface area contributed by atoms with Crippen molar-refractivity contribution in [3.8, 4) is 0 Å². The second-order valence-electron chi connectivity index (χ2n) is 3.28. The van der Waals surface area contributed by atoms with E-state index in [1.165, 1.54) is 0 Å². The molecular formula is C7H13N5O. The maximum Gasteiger partial charge on any atom is 0.240 e. The Morgan fingerprint density at radius 3 is 3.15 bits per heavy atom. The quantitative estimate of drug-likeness (QED) is 0.694. The molecule has 1 unspecified atom stereocenters. The van der Waals surface area contributed by atoms with Crippen molar-refractivity contribution in [2.45, 2.75) is 19.4 Å². The van der Waals surface area contributed by atoms with Gasteiger partial charge in [0.15, 0.2) is 0 Å². The van der Waals surface area contributed by atoms with E-state index in [0.29, 0.717) is 11.9 Å². The third kappa shape index (κ3) is 1.95. The van der Waals surface area contributed by atoms with Crippen molar-refractivity contribution in [2.24, 2.45) is 5.92 Å². The van der Waals surface area contributed by atoms with Crippen molar-refractivity contribution in [2.75, 3.05) is 18.9 Å². The smallest absolute Gasteiger partial charge is 0.240 e. The molecule has 1 aromatic rings. The minimum Gasteiger partial charge on any atom is -0.381 e. The lowest BCUT2D eigenvalue weighted by Gasteiger charge is -2.06. The Bertz CT molecular complexity index is 268. The highest BCUT2D eigenvalue weighted by Crippen LogP contribution is 2.16. The zero-order valence-corrected chi connectivity index (χ0v) is 7.39. The topological polar surface area (TPSA) is 78.9 Å². The van der Waals surface area contributed by atoms with Gasteiger partial charge in [-0.3, -0.25) is 0 Å². The predicted molar refractivity (Wildman–Crippen MR) is 45.8 cm³/mol. The van der Waals surface area contributed by atoms with Crippen molar-refractivity contribution in [3.63, 3.8) is 0 Å². The van der Waals surface area contributed by atoms with Gasteiger partial charge in [-0.15, -0.1) is 0 Å². The Hall–Kier alpha value is -1.17. The van der Waals surface area contributed by atoms with E-state index < -0.39 is 0 Å². The molecule has 1 saturated heterocycles. The first kappa shape index (κ1) is 8.43. The van der Waals surface area contributed by atoms with Gasteiger partial charge in [0, 0.05) is 19.8 Å². The van der Waals surface area contributed by atoms with E-state index in [1.54, 1.807) is 4.68 Å². The van der Waals surface area contributed by atoms with E-state index in [4.69, 9.17) is 10.5 Å². The number of tetrazole rings is 1. The van der Waals surface area contributed by atoms with E-state index in [2.05, 4.69) is 15.5 Å². The predicted octanol–water partition coefficient (Wildman–Crippen LogP) is -0.318. The minimum absolute atomic E-state index is 0.388. The van der Waals surface area contributed by atoms with Gasteiger partial charge >= 0.3 is 0 Å². The van der Waals surface area contributed by atoms with Gasteiger partial charge < -0.3 is 10.5 Å². The first-order valence-electron chi connectivity index (χ1n) is 4.45. The van der Waals surface area contributed by atoms with Crippen LogP contribution in [0.5, 0.6) is 0 Å². The van der Waals surface area contributed by atoms with Crippen LogP contribution in [0.25, 0.3) is 0 Å². The van der Waals surface area contributed by atoms with Gasteiger partial charge in [-0.25, -0.2) is 4.68 Å². The number of anilines is 1. The summed E-state index contributed by atoms with van der Waals surface area (Å²) in [5, 5.41) is 10.9. The first-order chi connectivity index (χ1) is 6.36. The summed E-state index contributed by atoms with van der Waals surface area (Å²) in [7, 11) is 0. The number of hydrogen-bond acceptors (Lipinski definition) is 5. The molecule has 72 valence electrons. The summed E-state index contributed by atoms with van der Waals surface area (Å²) in [4.78, 5) is 0. The van der Waals surface area contributed by atoms with Crippen LogP contribution in [0, 0.1) is 5.92 Å². The minimum atomic E-state index is 0.388. The normalized spacial score (nSPS) is 22.3. The second-order valence-corrected chi connectivity index (χ2v) is 3.28. The van der Waals surface area contributed by atoms with Crippen molar-refractivity contribution in [3.05, 3.63) is 0 Å². The highest BCUT2D eigenvalue weighted by Gasteiger charge is 2.15. The molecule has 0 aliphatic carbocycles. The standard InChI is InChI=1S/C7H13N5O/c8-7-9-10-11-12(7)3-1-6-2-4-13-5-6/h6H,1-5H2,(H2,8,9,11). The van der Waals surface area contributed by atoms with E-state index in [9.17, 15) is 0 Å². The van der Waals surface area contributed by atoms with Crippen molar-refractivity contribution in [1.29, 1.82) is 0 Å². The number of rotatable bonds is 3. The van der Waals surface area contributed by atoms with E-state index in [-0.39, 0.29) is 0 Å². The number of aromatic nitrogens is 4. The summed E-state index contributed by atoms with van der Waals surface area (Å²) >= 11 is 0. The molecule has 2 N–H and O–H groups in total. The molecule has 0 bridgehead atoms. The van der Waals surface area contributed by atoms with Crippen LogP contribution in [0.15, 0.2) is 0 Å². The molecule has 6 heteroatoms. The average Bonchev–Trinajstić information content (AvgIpc) is 2.72. The van der Waals surface area contributed by atoms with Crippen molar-refractivity contribution >= 4 is 5.95 Å². The summed E-state index contributed by atoms with van der Waals surface area (Å²) in [6.07, 6.45) is 2.18. The Morgan fingerprint density at radius 1 is 1.62 bits per heavy atom. The molecular weight excluding hydrogens is 170 g/mol. The zero-order chi connectivity index (χ0) is 9.10. The van der Waals surface area contributed by atoms with Gasteiger partial charge in [-0.1, -0.05) is 5.10 Å². The summed E-state index contributed by atoms with van der Waals surface area (Å²) in [6.45, 7) is 2.53. The van der Waals surface area contributed by atoms with Crippen LogP contribution < -0.4 is 5.73 Å². The molecule has 1 aromatic heterocycles. The SMILES string of the molecule is Nc1nnnn1CCC1CCOC1. The zero-order valence-electron chi connectivity index (χ0n) is 7.39. The number of hydrogen-bond donors (Lipinski definition) is 1. The average molecular weight is 183 g/mol. The number of nitrogen functional groups attached to an aromatic ring is 1. The molecule has 1 fully saturated rings. The Morgan fingerprint density at radius 2 is 2.54 bits per heavy atom. The molecule has 0 radical (unpaired) electrons. The lowest BCUT2D eigenvalue weighted by Crippen LogP contribution is -2.10. The van der Waals surface area contributed by atoms with E-state index in [0.717, 1.165) is 32.6 Å². The van der Waals surface area contributed by atoms with E-state index >= 15 is 0 Å². The lowest BCUT2D eigenvalue weighted by molar-refractivity contribution is 0.183. The summed E-state index contributed by atoms with van der Waals surface area (Å²) in [5.74, 6) is 1.03. The summed E-state index contributed by atoms with van der Waals surface area (Å²) in [5.41, 5.74) is 5.52. The number of aryl methyl sites for hydroxylation is 1. The summed E-state index contributed by atoms with van der Waals surface area (Å²) < 4.78 is 6.89. The molecule has 0 spiro atoms. The third-order valence-electron chi connectivity index (χ3n) is 2.33. The van der Waals surface area contributed by atoms with Gasteiger partial charge in [0.05, 0.1) is 0 Å². The number of ether oxygens (including phenoxy) is 1. The third-order valence-corrected chi connectivity index (χ3v) is 2.33. The lowest BCUT2D eigenvalue weighted by atomic mass is 10.1. The van der Waals surface area contributed by atoms with Gasteiger partial charge in [0.1, 0.15) is 0 Å². The van der Waals surface area contributed by atoms with Crippen molar-refractivity contribution < 1.29 is 4.74 Å². The second kappa shape index (κ2) is 3.69. The Labute approximate surface area is 76.1 Å². The van der Waals surface area contributed by atoms with Crippen LogP contribution in [0.1, 0.15) is 12.8 Å². The van der Waals surface area contributed by atoms with Gasteiger partial charge in [-0.2, -0.15) is 0 Å². The highest BCUT2D eigenvalue weighted by atomic mass is 16.5. The van der Waals surface area contributed by atoms with Crippen LogP contribution in [-0.2, 0) is 11.3 Å². The monoisotopic (exact) mass is 183 g/mol.